The van der Waals surface area contributed by atoms with Gasteiger partial charge in [-0.05, 0) is 38.1 Å². The van der Waals surface area contributed by atoms with Gasteiger partial charge in [0.15, 0.2) is 0 Å². The fourth-order valence-electron chi connectivity index (χ4n) is 2.40. The molecule has 0 saturated heterocycles. The third kappa shape index (κ3) is 3.47. The summed E-state index contributed by atoms with van der Waals surface area (Å²) < 4.78 is 5.67. The van der Waals surface area contributed by atoms with Crippen LogP contribution in [-0.4, -0.2) is 44.6 Å². The Morgan fingerprint density at radius 1 is 1.47 bits per heavy atom. The second-order valence-corrected chi connectivity index (χ2v) is 5.04. The fourth-order valence-corrected chi connectivity index (χ4v) is 2.40. The molecule has 104 valence electrons. The van der Waals surface area contributed by atoms with E-state index in [2.05, 4.69) is 5.32 Å². The maximum atomic E-state index is 12.3. The van der Waals surface area contributed by atoms with E-state index in [1.807, 2.05) is 43.3 Å². The van der Waals surface area contributed by atoms with Gasteiger partial charge >= 0.3 is 0 Å². The van der Waals surface area contributed by atoms with Crippen LogP contribution < -0.4 is 10.1 Å². The number of nitrogens with one attached hydrogen (secondary N) is 1. The first-order valence-corrected chi connectivity index (χ1v) is 6.82. The number of rotatable bonds is 5. The maximum Gasteiger partial charge on any atom is 0.229 e. The van der Waals surface area contributed by atoms with Crippen molar-refractivity contribution in [3.05, 3.63) is 29.8 Å². The molecule has 0 bridgehead atoms. The molecule has 2 rings (SSSR count). The standard InChI is InChI=1S/C15H22N2O2/c1-16-8-5-9-17(2)15(18)13-10-12-6-3-4-7-14(12)19-11-13/h3-4,6-7,13,16H,5,8-11H2,1-2H3. The van der Waals surface area contributed by atoms with E-state index >= 15 is 0 Å². The highest BCUT2D eigenvalue weighted by molar-refractivity contribution is 5.79. The molecule has 0 aliphatic carbocycles. The van der Waals surface area contributed by atoms with Crippen LogP contribution in [0.2, 0.25) is 0 Å². The highest BCUT2D eigenvalue weighted by atomic mass is 16.5. The molecule has 0 saturated carbocycles. The summed E-state index contributed by atoms with van der Waals surface area (Å²) >= 11 is 0. The molecule has 1 aliphatic rings. The van der Waals surface area contributed by atoms with E-state index in [9.17, 15) is 4.79 Å². The molecule has 1 aliphatic heterocycles. The normalized spacial score (nSPS) is 17.5. The molecule has 4 nitrogen and oxygen atoms in total. The number of amides is 1. The van der Waals surface area contributed by atoms with Crippen molar-refractivity contribution in [2.24, 2.45) is 5.92 Å². The second kappa shape index (κ2) is 6.57. The van der Waals surface area contributed by atoms with Gasteiger partial charge in [-0.2, -0.15) is 0 Å². The average molecular weight is 262 g/mol. The van der Waals surface area contributed by atoms with Crippen molar-refractivity contribution in [3.63, 3.8) is 0 Å². The summed E-state index contributed by atoms with van der Waals surface area (Å²) in [5.41, 5.74) is 1.13. The highest BCUT2D eigenvalue weighted by Gasteiger charge is 2.27. The molecule has 1 atom stereocenters. The third-order valence-electron chi connectivity index (χ3n) is 3.52. The predicted octanol–water partition coefficient (Wildman–Crippen LogP) is 1.31. The Bertz CT molecular complexity index is 434. The zero-order chi connectivity index (χ0) is 13.7. The Balaban J connectivity index is 1.91. The minimum absolute atomic E-state index is 0.0468. The van der Waals surface area contributed by atoms with Crippen LogP contribution in [0.3, 0.4) is 0 Å². The number of fused-ring (bicyclic) bond motifs is 1. The summed E-state index contributed by atoms with van der Waals surface area (Å²) in [4.78, 5) is 14.1. The first-order chi connectivity index (χ1) is 9.22. The topological polar surface area (TPSA) is 41.6 Å². The van der Waals surface area contributed by atoms with Crippen LogP contribution in [0.5, 0.6) is 5.75 Å². The Hall–Kier alpha value is -1.55. The summed E-state index contributed by atoms with van der Waals surface area (Å²) in [5, 5.41) is 3.09. The third-order valence-corrected chi connectivity index (χ3v) is 3.52. The summed E-state index contributed by atoms with van der Waals surface area (Å²) in [6.07, 6.45) is 1.76. The number of benzene rings is 1. The smallest absolute Gasteiger partial charge is 0.229 e. The van der Waals surface area contributed by atoms with Gasteiger partial charge in [-0.15, -0.1) is 0 Å². The quantitative estimate of drug-likeness (QED) is 0.813. The van der Waals surface area contributed by atoms with Crippen LogP contribution in [0, 0.1) is 5.92 Å². The molecule has 4 heteroatoms. The van der Waals surface area contributed by atoms with Crippen molar-refractivity contribution in [2.75, 3.05) is 33.8 Å². The van der Waals surface area contributed by atoms with Gasteiger partial charge in [0, 0.05) is 13.6 Å². The summed E-state index contributed by atoms with van der Waals surface area (Å²) in [6, 6.07) is 7.96. The van der Waals surface area contributed by atoms with Crippen molar-refractivity contribution in [1.29, 1.82) is 0 Å². The number of para-hydroxylation sites is 1. The fraction of sp³-hybridized carbons (Fsp3) is 0.533. The van der Waals surface area contributed by atoms with Gasteiger partial charge in [0.1, 0.15) is 12.4 Å². The van der Waals surface area contributed by atoms with E-state index < -0.39 is 0 Å². The molecule has 1 aromatic carbocycles. The van der Waals surface area contributed by atoms with Crippen molar-refractivity contribution in [3.8, 4) is 5.75 Å². The number of carbonyl (C=O) groups excluding carboxylic acids is 1. The van der Waals surface area contributed by atoms with Crippen molar-refractivity contribution >= 4 is 5.91 Å². The lowest BCUT2D eigenvalue weighted by molar-refractivity contribution is -0.135. The zero-order valence-electron chi connectivity index (χ0n) is 11.7. The maximum absolute atomic E-state index is 12.3. The molecular formula is C15H22N2O2. The van der Waals surface area contributed by atoms with E-state index in [1.165, 1.54) is 0 Å². The number of nitrogens with zero attached hydrogens (tertiary/aromatic N) is 1. The minimum atomic E-state index is -0.0468. The van der Waals surface area contributed by atoms with Gasteiger partial charge in [-0.3, -0.25) is 4.79 Å². The minimum Gasteiger partial charge on any atom is -0.492 e. The number of ether oxygens (including phenoxy) is 1. The van der Waals surface area contributed by atoms with E-state index in [1.54, 1.807) is 0 Å². The van der Waals surface area contributed by atoms with Crippen LogP contribution in [-0.2, 0) is 11.2 Å². The van der Waals surface area contributed by atoms with Gasteiger partial charge in [-0.1, -0.05) is 18.2 Å². The largest absolute Gasteiger partial charge is 0.492 e. The SMILES string of the molecule is CNCCCN(C)C(=O)C1COc2ccccc2C1. The highest BCUT2D eigenvalue weighted by Crippen LogP contribution is 2.27. The van der Waals surface area contributed by atoms with Gasteiger partial charge in [0.25, 0.3) is 0 Å². The number of hydrogen-bond acceptors (Lipinski definition) is 3. The number of hydrogen-bond donors (Lipinski definition) is 1. The Labute approximate surface area is 114 Å². The molecule has 0 spiro atoms. The van der Waals surface area contributed by atoms with Crippen LogP contribution in [0.4, 0.5) is 0 Å². The van der Waals surface area contributed by atoms with Gasteiger partial charge in [0.2, 0.25) is 5.91 Å². The summed E-state index contributed by atoms with van der Waals surface area (Å²) in [7, 11) is 3.80. The lowest BCUT2D eigenvalue weighted by Gasteiger charge is -2.28. The molecular weight excluding hydrogens is 240 g/mol. The van der Waals surface area contributed by atoms with Crippen molar-refractivity contribution < 1.29 is 9.53 Å². The molecule has 1 aromatic rings. The number of carbonyl (C=O) groups is 1. The molecule has 0 fully saturated rings. The Morgan fingerprint density at radius 3 is 3.05 bits per heavy atom. The summed E-state index contributed by atoms with van der Waals surface area (Å²) in [5.74, 6) is 1.06. The average Bonchev–Trinajstić information content (AvgIpc) is 2.46. The van der Waals surface area contributed by atoms with Gasteiger partial charge < -0.3 is 15.0 Å². The monoisotopic (exact) mass is 262 g/mol. The van der Waals surface area contributed by atoms with Gasteiger partial charge in [-0.25, -0.2) is 0 Å². The lowest BCUT2D eigenvalue weighted by Crippen LogP contribution is -2.39. The summed E-state index contributed by atoms with van der Waals surface area (Å²) in [6.45, 7) is 2.21. The predicted molar refractivity (Wildman–Crippen MR) is 75.3 cm³/mol. The molecule has 1 amide bonds. The van der Waals surface area contributed by atoms with Crippen LogP contribution in [0.1, 0.15) is 12.0 Å². The first-order valence-electron chi connectivity index (χ1n) is 6.82. The van der Waals surface area contributed by atoms with Crippen molar-refractivity contribution in [2.45, 2.75) is 12.8 Å². The second-order valence-electron chi connectivity index (χ2n) is 5.04. The lowest BCUT2D eigenvalue weighted by atomic mass is 9.95. The Kier molecular flexibility index (Phi) is 4.80. The van der Waals surface area contributed by atoms with E-state index in [0.29, 0.717) is 6.61 Å². The molecule has 0 aromatic heterocycles. The van der Waals surface area contributed by atoms with E-state index in [4.69, 9.17) is 4.74 Å². The van der Waals surface area contributed by atoms with Crippen molar-refractivity contribution in [1.82, 2.24) is 10.2 Å². The zero-order valence-corrected chi connectivity index (χ0v) is 11.7. The molecule has 1 heterocycles. The van der Waals surface area contributed by atoms with Crippen LogP contribution in [0.25, 0.3) is 0 Å². The molecule has 1 N–H and O–H groups in total. The van der Waals surface area contributed by atoms with E-state index in [0.717, 1.165) is 37.2 Å². The van der Waals surface area contributed by atoms with Gasteiger partial charge in [0.05, 0.1) is 5.92 Å². The Morgan fingerprint density at radius 2 is 2.26 bits per heavy atom. The molecule has 19 heavy (non-hydrogen) atoms. The molecule has 0 radical (unpaired) electrons. The first kappa shape index (κ1) is 13.9. The molecule has 1 unspecified atom stereocenters. The van der Waals surface area contributed by atoms with E-state index in [-0.39, 0.29) is 11.8 Å². The van der Waals surface area contributed by atoms with Crippen LogP contribution in [0.15, 0.2) is 24.3 Å². The van der Waals surface area contributed by atoms with Crippen LogP contribution >= 0.6 is 0 Å².